The molecule has 1 saturated carbocycles. The molecular weight excluding hydrogens is 779 g/mol. The van der Waals surface area contributed by atoms with E-state index in [-0.39, 0.29) is 52.4 Å². The largest absolute Gasteiger partial charge is 0.619 e. The summed E-state index contributed by atoms with van der Waals surface area (Å²) in [4.78, 5) is 31.7. The number of alkyl halides is 2. The molecule has 0 N–H and O–H groups in total. The lowest BCUT2D eigenvalue weighted by atomic mass is 9.95. The molecule has 57 heavy (non-hydrogen) atoms. The van der Waals surface area contributed by atoms with Gasteiger partial charge in [-0.05, 0) is 85.1 Å². The van der Waals surface area contributed by atoms with Crippen molar-refractivity contribution in [3.05, 3.63) is 123 Å². The number of benzene rings is 3. The van der Waals surface area contributed by atoms with Crippen molar-refractivity contribution in [2.24, 2.45) is 11.8 Å². The first-order chi connectivity index (χ1) is 27.4. The smallest absolute Gasteiger partial charge is 0.387 e. The Kier molecular flexibility index (Phi) is 14.1. The molecule has 1 saturated heterocycles. The van der Waals surface area contributed by atoms with Gasteiger partial charge in [0.25, 0.3) is 0 Å². The van der Waals surface area contributed by atoms with Gasteiger partial charge in [0, 0.05) is 31.3 Å². The number of esters is 2. The van der Waals surface area contributed by atoms with Crippen LogP contribution < -0.4 is 19.1 Å². The Morgan fingerprint density at radius 3 is 2.32 bits per heavy atom. The van der Waals surface area contributed by atoms with E-state index in [2.05, 4.69) is 18.7 Å². The summed E-state index contributed by atoms with van der Waals surface area (Å²) in [5.41, 5.74) is 2.94. The van der Waals surface area contributed by atoms with Crippen LogP contribution in [0.3, 0.4) is 0 Å². The number of carbonyl (C=O) groups is 2. The highest BCUT2D eigenvalue weighted by Gasteiger charge is 2.34. The second-order valence-corrected chi connectivity index (χ2v) is 15.5. The topological polar surface area (TPSA) is 104 Å². The van der Waals surface area contributed by atoms with Crippen molar-refractivity contribution < 1.29 is 42.0 Å². The fourth-order valence-corrected chi connectivity index (χ4v) is 7.53. The quantitative estimate of drug-likeness (QED) is 0.0589. The van der Waals surface area contributed by atoms with E-state index >= 15 is 0 Å². The number of carbonyl (C=O) groups excluding carboxylic acids is 2. The minimum absolute atomic E-state index is 0.0296. The maximum atomic E-state index is 13.9. The highest BCUT2D eigenvalue weighted by atomic mass is 35.5. The van der Waals surface area contributed by atoms with E-state index < -0.39 is 24.7 Å². The Morgan fingerprint density at radius 1 is 0.965 bits per heavy atom. The van der Waals surface area contributed by atoms with Gasteiger partial charge < -0.3 is 29.1 Å². The highest BCUT2D eigenvalue weighted by molar-refractivity contribution is 6.35. The van der Waals surface area contributed by atoms with Gasteiger partial charge >= 0.3 is 18.6 Å². The summed E-state index contributed by atoms with van der Waals surface area (Å²) in [5.74, 6) is -0.436. The van der Waals surface area contributed by atoms with Crippen LogP contribution in [0.1, 0.15) is 67.5 Å². The zero-order chi connectivity index (χ0) is 40.6. The van der Waals surface area contributed by atoms with Gasteiger partial charge in [-0.3, -0.25) is 9.69 Å². The van der Waals surface area contributed by atoms with Crippen molar-refractivity contribution >= 4 is 40.8 Å². The number of halogens is 4. The first-order valence-electron chi connectivity index (χ1n) is 19.2. The lowest BCUT2D eigenvalue weighted by Gasteiger charge is -2.37. The molecule has 4 aromatic rings. The van der Waals surface area contributed by atoms with Gasteiger partial charge in [-0.2, -0.15) is 13.5 Å². The molecule has 1 aromatic heterocycles. The SMILES string of the molecule is CCN1CCC(C)[C@@H](OC(=O)C(c2ccccc2)N(C)c2ccc(CC(=O)O[C@@H](Cc3c(Cl)c[n+]([O-])cc3Cl)c3ccc(OC(F)F)c(OCC4CC4)c3)cc2)C1. The summed E-state index contributed by atoms with van der Waals surface area (Å²) in [6, 6.07) is 20.4. The number of piperidine rings is 1. The third-order valence-corrected chi connectivity index (χ3v) is 11.2. The maximum absolute atomic E-state index is 13.9. The molecule has 14 heteroatoms. The molecule has 1 aliphatic heterocycles. The summed E-state index contributed by atoms with van der Waals surface area (Å²) in [6.07, 6.45) is 3.82. The summed E-state index contributed by atoms with van der Waals surface area (Å²) in [7, 11) is 1.84. The van der Waals surface area contributed by atoms with Crippen LogP contribution in [0.2, 0.25) is 10.0 Å². The number of rotatable bonds is 17. The van der Waals surface area contributed by atoms with E-state index in [1.807, 2.05) is 54.4 Å². The van der Waals surface area contributed by atoms with Crippen LogP contribution in [-0.2, 0) is 31.9 Å². The Bertz CT molecular complexity index is 1960. The number of ether oxygens (including phenoxy) is 4. The second-order valence-electron chi connectivity index (χ2n) is 14.7. The monoisotopic (exact) mass is 825 g/mol. The van der Waals surface area contributed by atoms with Crippen LogP contribution in [0.25, 0.3) is 0 Å². The molecule has 6 rings (SSSR count). The molecule has 2 aliphatic rings. The Morgan fingerprint density at radius 2 is 1.67 bits per heavy atom. The van der Waals surface area contributed by atoms with Crippen LogP contribution in [0.5, 0.6) is 11.5 Å². The average Bonchev–Trinajstić information content (AvgIpc) is 4.01. The van der Waals surface area contributed by atoms with E-state index in [1.165, 1.54) is 18.2 Å². The number of hydrogen-bond acceptors (Lipinski definition) is 9. The third-order valence-electron chi connectivity index (χ3n) is 10.6. The van der Waals surface area contributed by atoms with Crippen molar-refractivity contribution in [2.75, 3.05) is 38.2 Å². The molecular formula is C43H47Cl2F2N3O7. The third kappa shape index (κ3) is 11.3. The molecule has 0 amide bonds. The fraction of sp³-hybridized carbons (Fsp3) is 0.419. The maximum Gasteiger partial charge on any atom is 0.387 e. The van der Waals surface area contributed by atoms with Gasteiger partial charge in [0.05, 0.1) is 13.0 Å². The highest BCUT2D eigenvalue weighted by Crippen LogP contribution is 2.38. The van der Waals surface area contributed by atoms with Crippen molar-refractivity contribution in [1.82, 2.24) is 4.90 Å². The van der Waals surface area contributed by atoms with Crippen molar-refractivity contribution in [3.63, 3.8) is 0 Å². The van der Waals surface area contributed by atoms with E-state index in [0.717, 1.165) is 56.0 Å². The van der Waals surface area contributed by atoms with Crippen LogP contribution >= 0.6 is 23.2 Å². The first-order valence-corrected chi connectivity index (χ1v) is 19.9. The zero-order valence-electron chi connectivity index (χ0n) is 32.1. The van der Waals surface area contributed by atoms with Gasteiger partial charge in [0.2, 0.25) is 0 Å². The molecule has 3 aromatic carbocycles. The van der Waals surface area contributed by atoms with Crippen molar-refractivity contribution in [2.45, 2.75) is 70.8 Å². The van der Waals surface area contributed by atoms with Crippen molar-refractivity contribution in [1.29, 1.82) is 0 Å². The fourth-order valence-electron chi connectivity index (χ4n) is 6.93. The van der Waals surface area contributed by atoms with Crippen LogP contribution in [0, 0.1) is 17.0 Å². The molecule has 1 aliphatic carbocycles. The lowest BCUT2D eigenvalue weighted by Crippen LogP contribution is -2.46. The minimum atomic E-state index is -3.07. The summed E-state index contributed by atoms with van der Waals surface area (Å²) < 4.78 is 49.8. The molecule has 2 heterocycles. The molecule has 10 nitrogen and oxygen atoms in total. The molecule has 2 fully saturated rings. The number of anilines is 1. The van der Waals surface area contributed by atoms with Gasteiger partial charge in [-0.15, -0.1) is 0 Å². The van der Waals surface area contributed by atoms with Gasteiger partial charge in [0.1, 0.15) is 22.3 Å². The molecule has 304 valence electrons. The number of pyridine rings is 1. The molecule has 0 bridgehead atoms. The van der Waals surface area contributed by atoms with Crippen LogP contribution in [0.15, 0.2) is 85.2 Å². The van der Waals surface area contributed by atoms with Gasteiger partial charge in [-0.25, -0.2) is 4.79 Å². The van der Waals surface area contributed by atoms with Crippen LogP contribution in [-0.4, -0.2) is 62.8 Å². The molecule has 0 spiro atoms. The number of nitrogens with zero attached hydrogens (tertiary/aromatic N) is 3. The summed E-state index contributed by atoms with van der Waals surface area (Å²) >= 11 is 12.8. The zero-order valence-corrected chi connectivity index (χ0v) is 33.6. The van der Waals surface area contributed by atoms with Gasteiger partial charge in [-0.1, -0.05) is 85.6 Å². The Balaban J connectivity index is 1.20. The molecule has 2 unspecified atom stereocenters. The Hall–Kier alpha value is -4.65. The Labute approximate surface area is 341 Å². The summed E-state index contributed by atoms with van der Waals surface area (Å²) in [5, 5.41) is 12.1. The molecule has 4 atom stereocenters. The number of likely N-dealkylation sites (N-methyl/N-ethyl adjacent to an activating group) is 2. The standard InChI is InChI=1S/C43H47Cl2F2N3O7/c1-4-49-19-18-27(2)39(25-49)56-42(52)41(30-8-6-5-7-9-30)48(3)32-15-12-28(13-16-32)20-40(51)55-37(22-33-34(44)23-50(53)24-35(33)45)31-14-17-36(57-43(46)47)38(21-31)54-26-29-10-11-29/h5-9,12-17,21,23-24,27,29,37,39,41,43H,4,10-11,18-20,22,25-26H2,1-3H3/t27?,37-,39-,41?/m0/s1. The average molecular weight is 827 g/mol. The van der Waals surface area contributed by atoms with E-state index in [9.17, 15) is 23.6 Å². The molecule has 0 radical (unpaired) electrons. The van der Waals surface area contributed by atoms with E-state index in [0.29, 0.717) is 40.5 Å². The predicted molar refractivity (Wildman–Crippen MR) is 213 cm³/mol. The van der Waals surface area contributed by atoms with Gasteiger partial charge in [0.15, 0.2) is 29.9 Å². The first kappa shape index (κ1) is 42.0. The van der Waals surface area contributed by atoms with Crippen molar-refractivity contribution in [3.8, 4) is 11.5 Å². The van der Waals surface area contributed by atoms with Crippen LogP contribution in [0.4, 0.5) is 14.5 Å². The number of hydrogen-bond donors (Lipinski definition) is 0. The number of likely N-dealkylation sites (tertiary alicyclic amines) is 1. The minimum Gasteiger partial charge on any atom is -0.619 e. The lowest BCUT2D eigenvalue weighted by molar-refractivity contribution is -0.605. The number of aromatic nitrogens is 1. The summed E-state index contributed by atoms with van der Waals surface area (Å²) in [6.45, 7) is 4.04. The normalized spacial score (nSPS) is 18.1. The predicted octanol–water partition coefficient (Wildman–Crippen LogP) is 8.54. The second kappa shape index (κ2) is 19.2. The van der Waals surface area contributed by atoms with E-state index in [4.69, 9.17) is 42.1 Å². The van der Waals surface area contributed by atoms with E-state index in [1.54, 1.807) is 12.1 Å².